The lowest BCUT2D eigenvalue weighted by atomic mass is 9.81. The Bertz CT molecular complexity index is 3040. The maximum absolute atomic E-state index is 2.56. The van der Waals surface area contributed by atoms with Crippen molar-refractivity contribution in [3.05, 3.63) is 181 Å². The summed E-state index contributed by atoms with van der Waals surface area (Å²) in [7, 11) is 0. The van der Waals surface area contributed by atoms with Crippen LogP contribution in [0, 0.1) is 0 Å². The molecule has 240 valence electrons. The van der Waals surface area contributed by atoms with Crippen LogP contribution in [0.2, 0.25) is 0 Å². The van der Waals surface area contributed by atoms with Crippen LogP contribution in [0.15, 0.2) is 170 Å². The van der Waals surface area contributed by atoms with Crippen molar-refractivity contribution in [1.82, 2.24) is 9.13 Å². The highest BCUT2D eigenvalue weighted by molar-refractivity contribution is 6.16. The lowest BCUT2D eigenvalue weighted by Crippen LogP contribution is -2.16. The fourth-order valence-electron chi connectivity index (χ4n) is 9.20. The van der Waals surface area contributed by atoms with Crippen LogP contribution in [-0.4, -0.2) is 9.13 Å². The molecule has 0 aliphatic heterocycles. The summed E-state index contributed by atoms with van der Waals surface area (Å²) in [5.74, 6) is 0. The van der Waals surface area contributed by atoms with E-state index in [0.29, 0.717) is 0 Å². The topological polar surface area (TPSA) is 9.86 Å². The van der Waals surface area contributed by atoms with Crippen LogP contribution in [0.25, 0.3) is 88.0 Å². The highest BCUT2D eigenvalue weighted by Crippen LogP contribution is 2.53. The Morgan fingerprint density at radius 2 is 1.04 bits per heavy atom. The minimum absolute atomic E-state index is 0.150. The summed E-state index contributed by atoms with van der Waals surface area (Å²) in [6.45, 7) is 4.80. The van der Waals surface area contributed by atoms with Crippen molar-refractivity contribution in [2.75, 3.05) is 0 Å². The molecule has 0 fully saturated rings. The van der Waals surface area contributed by atoms with Gasteiger partial charge in [-0.3, -0.25) is 0 Å². The van der Waals surface area contributed by atoms with Crippen LogP contribution in [0.4, 0.5) is 0 Å². The van der Waals surface area contributed by atoms with E-state index < -0.39 is 0 Å². The van der Waals surface area contributed by atoms with Gasteiger partial charge in [-0.1, -0.05) is 135 Å². The molecule has 2 nitrogen and oxygen atoms in total. The fraction of sp³-hybridized carbons (Fsp3) is 0.0612. The molecule has 2 heteroatoms. The Labute approximate surface area is 296 Å². The fourth-order valence-corrected chi connectivity index (χ4v) is 9.20. The molecular formula is C49H34N2. The second-order valence-corrected chi connectivity index (χ2v) is 14.5. The molecule has 2 heterocycles. The summed E-state index contributed by atoms with van der Waals surface area (Å²) >= 11 is 0. The molecule has 1 aliphatic carbocycles. The van der Waals surface area contributed by atoms with E-state index in [1.807, 2.05) is 0 Å². The summed E-state index contributed by atoms with van der Waals surface area (Å²) in [6, 6.07) is 62.8. The quantitative estimate of drug-likeness (QED) is 0.180. The first-order valence-corrected chi connectivity index (χ1v) is 17.9. The number of benzene rings is 8. The van der Waals surface area contributed by atoms with Crippen LogP contribution in [-0.2, 0) is 5.41 Å². The first-order valence-electron chi connectivity index (χ1n) is 17.9. The Balaban J connectivity index is 1.20. The first-order chi connectivity index (χ1) is 25.1. The Morgan fingerprint density at radius 3 is 1.86 bits per heavy atom. The molecule has 8 aromatic carbocycles. The van der Waals surface area contributed by atoms with E-state index in [-0.39, 0.29) is 5.41 Å². The van der Waals surface area contributed by atoms with Gasteiger partial charge in [0.15, 0.2) is 0 Å². The number of hydrogen-bond acceptors (Lipinski definition) is 0. The minimum Gasteiger partial charge on any atom is -0.309 e. The van der Waals surface area contributed by atoms with Crippen LogP contribution in [0.5, 0.6) is 0 Å². The standard InChI is InChI=1S/C49H34N2/c1-49(2)42-20-10-8-18-36(42)38-25-26-39-41-30-33(24-28-46(41)51(48(39)47(38)49)43-22-12-14-31-13-6-7-17-35(31)43)32-23-27-45-40(29-32)37-19-9-11-21-44(37)50(45)34-15-4-3-5-16-34/h3-30H,1-2H3. The summed E-state index contributed by atoms with van der Waals surface area (Å²) in [5.41, 5.74) is 15.2. The molecule has 11 rings (SSSR count). The van der Waals surface area contributed by atoms with Gasteiger partial charge < -0.3 is 9.13 Å². The van der Waals surface area contributed by atoms with Crippen molar-refractivity contribution in [3.63, 3.8) is 0 Å². The van der Waals surface area contributed by atoms with E-state index >= 15 is 0 Å². The van der Waals surface area contributed by atoms with Crippen molar-refractivity contribution >= 4 is 54.4 Å². The molecule has 0 radical (unpaired) electrons. The van der Waals surface area contributed by atoms with Gasteiger partial charge in [-0.25, -0.2) is 0 Å². The highest BCUT2D eigenvalue weighted by atomic mass is 15.0. The zero-order valence-electron chi connectivity index (χ0n) is 28.6. The van der Waals surface area contributed by atoms with Gasteiger partial charge in [-0.2, -0.15) is 0 Å². The Morgan fingerprint density at radius 1 is 0.412 bits per heavy atom. The number of aromatic nitrogens is 2. The predicted octanol–water partition coefficient (Wildman–Crippen LogP) is 13.0. The van der Waals surface area contributed by atoms with Gasteiger partial charge in [0.25, 0.3) is 0 Å². The molecular weight excluding hydrogens is 617 g/mol. The molecule has 0 N–H and O–H groups in total. The third kappa shape index (κ3) is 3.88. The third-order valence-corrected chi connectivity index (χ3v) is 11.5. The van der Waals surface area contributed by atoms with Crippen molar-refractivity contribution in [3.8, 4) is 33.6 Å². The second-order valence-electron chi connectivity index (χ2n) is 14.5. The van der Waals surface area contributed by atoms with Gasteiger partial charge in [0.05, 0.1) is 27.8 Å². The van der Waals surface area contributed by atoms with E-state index in [1.54, 1.807) is 0 Å². The average molecular weight is 651 g/mol. The van der Waals surface area contributed by atoms with Crippen LogP contribution in [0.3, 0.4) is 0 Å². The summed E-state index contributed by atoms with van der Waals surface area (Å²) in [5, 5.41) is 7.61. The van der Waals surface area contributed by atoms with Crippen molar-refractivity contribution in [1.29, 1.82) is 0 Å². The first kappa shape index (κ1) is 28.5. The molecule has 0 spiro atoms. The van der Waals surface area contributed by atoms with E-state index in [4.69, 9.17) is 0 Å². The second kappa shape index (κ2) is 10.3. The van der Waals surface area contributed by atoms with E-state index in [1.165, 1.54) is 99.1 Å². The largest absolute Gasteiger partial charge is 0.309 e. The Hall–Kier alpha value is -6.38. The van der Waals surface area contributed by atoms with Gasteiger partial charge in [0.1, 0.15) is 0 Å². The number of para-hydroxylation sites is 2. The summed E-state index contributed by atoms with van der Waals surface area (Å²) in [6.07, 6.45) is 0. The van der Waals surface area contributed by atoms with Gasteiger partial charge in [-0.15, -0.1) is 0 Å². The molecule has 2 aromatic heterocycles. The zero-order chi connectivity index (χ0) is 33.8. The predicted molar refractivity (Wildman–Crippen MR) is 216 cm³/mol. The normalized spacial score (nSPS) is 13.5. The number of nitrogens with zero attached hydrogens (tertiary/aromatic N) is 2. The molecule has 1 aliphatic rings. The summed E-state index contributed by atoms with van der Waals surface area (Å²) < 4.78 is 4.94. The molecule has 0 saturated heterocycles. The van der Waals surface area contributed by atoms with Crippen LogP contribution >= 0.6 is 0 Å². The smallest absolute Gasteiger partial charge is 0.0588 e. The molecule has 0 saturated carbocycles. The van der Waals surface area contributed by atoms with Gasteiger partial charge in [0.2, 0.25) is 0 Å². The number of hydrogen-bond donors (Lipinski definition) is 0. The van der Waals surface area contributed by atoms with E-state index in [9.17, 15) is 0 Å². The van der Waals surface area contributed by atoms with Crippen molar-refractivity contribution in [2.24, 2.45) is 0 Å². The van der Waals surface area contributed by atoms with Crippen molar-refractivity contribution < 1.29 is 0 Å². The highest BCUT2D eigenvalue weighted by Gasteiger charge is 2.38. The maximum atomic E-state index is 2.56. The molecule has 0 bridgehead atoms. The van der Waals surface area contributed by atoms with Crippen LogP contribution in [0.1, 0.15) is 25.0 Å². The van der Waals surface area contributed by atoms with Gasteiger partial charge in [-0.05, 0) is 87.3 Å². The minimum atomic E-state index is -0.150. The van der Waals surface area contributed by atoms with Gasteiger partial charge >= 0.3 is 0 Å². The van der Waals surface area contributed by atoms with Crippen LogP contribution < -0.4 is 0 Å². The van der Waals surface area contributed by atoms with Gasteiger partial charge in [0, 0.05) is 38.0 Å². The molecule has 0 atom stereocenters. The molecule has 0 amide bonds. The summed E-state index contributed by atoms with van der Waals surface area (Å²) in [4.78, 5) is 0. The zero-order valence-corrected chi connectivity index (χ0v) is 28.6. The monoisotopic (exact) mass is 650 g/mol. The van der Waals surface area contributed by atoms with E-state index in [0.717, 1.165) is 0 Å². The SMILES string of the molecule is CC1(C)c2ccccc2-c2ccc3c4cc(-c5ccc6c(c5)c5ccccc5n6-c5ccccc5)ccc4n(-c4cccc5ccccc45)c3c21. The molecule has 10 aromatic rings. The molecule has 51 heavy (non-hydrogen) atoms. The average Bonchev–Trinajstić information content (AvgIpc) is 3.77. The molecule has 0 unspecified atom stereocenters. The lowest BCUT2D eigenvalue weighted by Gasteiger charge is -2.24. The lowest BCUT2D eigenvalue weighted by molar-refractivity contribution is 0.664. The third-order valence-electron chi connectivity index (χ3n) is 11.5. The number of rotatable bonds is 3. The maximum Gasteiger partial charge on any atom is 0.0588 e. The Kier molecular flexibility index (Phi) is 5.76. The van der Waals surface area contributed by atoms with Crippen molar-refractivity contribution in [2.45, 2.75) is 19.3 Å². The van der Waals surface area contributed by atoms with E-state index in [2.05, 4.69) is 193 Å². The number of fused-ring (bicyclic) bond motifs is 11.